The van der Waals surface area contributed by atoms with Crippen LogP contribution in [0.4, 0.5) is 0 Å². The highest BCUT2D eigenvalue weighted by atomic mass is 32.2. The summed E-state index contributed by atoms with van der Waals surface area (Å²) >= 11 is 0. The second-order valence-corrected chi connectivity index (χ2v) is 5.82. The van der Waals surface area contributed by atoms with Crippen molar-refractivity contribution in [1.29, 1.82) is 0 Å². The summed E-state index contributed by atoms with van der Waals surface area (Å²) in [5, 5.41) is 0. The predicted molar refractivity (Wildman–Crippen MR) is 68.0 cm³/mol. The average Bonchev–Trinajstić information content (AvgIpc) is 2.71. The number of nitrogens with zero attached hydrogens (tertiary/aromatic N) is 1. The van der Waals surface area contributed by atoms with Gasteiger partial charge in [-0.05, 0) is 24.5 Å². The topological polar surface area (TPSA) is 46.6 Å². The molecule has 94 valence electrons. The molecular weight excluding hydrogens is 250 g/mol. The Labute approximate surface area is 106 Å². The second kappa shape index (κ2) is 4.17. The van der Waals surface area contributed by atoms with Crippen LogP contribution in [-0.2, 0) is 10.3 Å². The van der Waals surface area contributed by atoms with Gasteiger partial charge in [0.2, 0.25) is 0 Å². The van der Waals surface area contributed by atoms with E-state index in [9.17, 15) is 8.42 Å². The van der Waals surface area contributed by atoms with E-state index in [0.29, 0.717) is 11.7 Å². The van der Waals surface area contributed by atoms with E-state index in [-0.39, 0.29) is 6.04 Å². The summed E-state index contributed by atoms with van der Waals surface area (Å²) in [6.45, 7) is 0. The van der Waals surface area contributed by atoms with E-state index in [4.69, 9.17) is 4.18 Å². The average molecular weight is 263 g/mol. The van der Waals surface area contributed by atoms with E-state index in [1.807, 2.05) is 24.3 Å². The minimum absolute atomic E-state index is 0.117. The normalized spacial score (nSPS) is 25.4. The van der Waals surface area contributed by atoms with Crippen molar-refractivity contribution in [2.45, 2.75) is 12.5 Å². The van der Waals surface area contributed by atoms with E-state index in [2.05, 4.69) is 0 Å². The van der Waals surface area contributed by atoms with Crippen LogP contribution in [0, 0.1) is 5.92 Å². The van der Waals surface area contributed by atoms with Crippen molar-refractivity contribution < 1.29 is 12.6 Å². The van der Waals surface area contributed by atoms with Crippen molar-refractivity contribution in [1.82, 2.24) is 4.31 Å². The smallest absolute Gasteiger partial charge is 0.367 e. The lowest BCUT2D eigenvalue weighted by molar-refractivity contribution is 0.360. The summed E-state index contributed by atoms with van der Waals surface area (Å²) in [7, 11) is -3.78. The van der Waals surface area contributed by atoms with Crippen molar-refractivity contribution in [3.05, 3.63) is 54.8 Å². The predicted octanol–water partition coefficient (Wildman–Crippen LogP) is 2.08. The van der Waals surface area contributed by atoms with Crippen molar-refractivity contribution in [3.8, 4) is 5.75 Å². The van der Waals surface area contributed by atoms with Gasteiger partial charge in [0.05, 0.1) is 6.04 Å². The zero-order valence-electron chi connectivity index (χ0n) is 9.64. The second-order valence-electron chi connectivity index (χ2n) is 4.38. The molecule has 1 heterocycles. The molecule has 0 N–H and O–H groups in total. The molecule has 2 bridgehead atoms. The third-order valence-electron chi connectivity index (χ3n) is 3.10. The summed E-state index contributed by atoms with van der Waals surface area (Å²) in [4.78, 5) is 0. The number of fused-ring (bicyclic) bond motifs is 2. The molecule has 0 saturated heterocycles. The van der Waals surface area contributed by atoms with Crippen LogP contribution in [0.15, 0.2) is 54.8 Å². The van der Waals surface area contributed by atoms with Gasteiger partial charge in [0.1, 0.15) is 5.75 Å². The Morgan fingerprint density at radius 3 is 2.67 bits per heavy atom. The van der Waals surface area contributed by atoms with Crippen LogP contribution in [0.1, 0.15) is 6.42 Å². The fraction of sp³-hybridized carbons (Fsp3) is 0.231. The Hall–Kier alpha value is -1.75. The highest BCUT2D eigenvalue weighted by molar-refractivity contribution is 7.84. The third kappa shape index (κ3) is 2.01. The van der Waals surface area contributed by atoms with E-state index in [1.165, 1.54) is 4.31 Å². The first-order chi connectivity index (χ1) is 8.65. The lowest BCUT2D eigenvalue weighted by Crippen LogP contribution is -2.38. The van der Waals surface area contributed by atoms with E-state index in [0.717, 1.165) is 6.42 Å². The Balaban J connectivity index is 1.85. The largest absolute Gasteiger partial charge is 0.410 e. The van der Waals surface area contributed by atoms with Gasteiger partial charge in [0.25, 0.3) is 0 Å². The number of hydrogen-bond acceptors (Lipinski definition) is 3. The Bertz CT molecular complexity index is 592. The Morgan fingerprint density at radius 1 is 1.11 bits per heavy atom. The van der Waals surface area contributed by atoms with Crippen LogP contribution in [0.25, 0.3) is 0 Å². The molecule has 0 aromatic heterocycles. The molecule has 0 unspecified atom stereocenters. The van der Waals surface area contributed by atoms with Crippen LogP contribution in [0.5, 0.6) is 5.75 Å². The molecule has 18 heavy (non-hydrogen) atoms. The quantitative estimate of drug-likeness (QED) is 0.784. The third-order valence-corrected chi connectivity index (χ3v) is 4.42. The zero-order valence-corrected chi connectivity index (χ0v) is 10.5. The van der Waals surface area contributed by atoms with Crippen LogP contribution < -0.4 is 4.18 Å². The first-order valence-electron chi connectivity index (χ1n) is 5.80. The lowest BCUT2D eigenvalue weighted by Gasteiger charge is -2.28. The maximum absolute atomic E-state index is 12.2. The molecule has 2 atom stereocenters. The van der Waals surface area contributed by atoms with Gasteiger partial charge < -0.3 is 4.18 Å². The minimum atomic E-state index is -3.78. The molecule has 0 saturated carbocycles. The molecule has 1 aromatic carbocycles. The monoisotopic (exact) mass is 263 g/mol. The fourth-order valence-electron chi connectivity index (χ4n) is 2.23. The molecule has 0 radical (unpaired) electrons. The van der Waals surface area contributed by atoms with Gasteiger partial charge in [-0.15, -0.1) is 0 Å². The summed E-state index contributed by atoms with van der Waals surface area (Å²) in [6.07, 6.45) is 8.21. The van der Waals surface area contributed by atoms with Crippen LogP contribution >= 0.6 is 0 Å². The molecule has 0 fully saturated rings. The zero-order chi connectivity index (χ0) is 12.6. The number of allylic oxidation sites excluding steroid dienone is 2. The molecular formula is C13H13NO3S. The van der Waals surface area contributed by atoms with E-state index < -0.39 is 10.3 Å². The first-order valence-corrected chi connectivity index (χ1v) is 7.16. The van der Waals surface area contributed by atoms with Gasteiger partial charge in [-0.3, -0.25) is 0 Å². The SMILES string of the molecule is O=S(=O)(Oc1ccccc1)N1C=C[C@@H]2C=C[C@@H]1C2. The number of rotatable bonds is 3. The Kier molecular flexibility index (Phi) is 2.63. The number of hydrogen-bond donors (Lipinski definition) is 0. The molecule has 0 spiro atoms. The molecule has 1 aliphatic heterocycles. The van der Waals surface area contributed by atoms with Crippen molar-refractivity contribution in [2.24, 2.45) is 5.92 Å². The molecule has 1 aromatic rings. The summed E-state index contributed by atoms with van der Waals surface area (Å²) in [6, 6.07) is 8.42. The molecule has 0 amide bonds. The maximum Gasteiger partial charge on any atom is 0.410 e. The van der Waals surface area contributed by atoms with Gasteiger partial charge in [-0.1, -0.05) is 36.4 Å². The number of para-hydroxylation sites is 1. The standard InChI is InChI=1S/C13H13NO3S/c15-18(16,17-13-4-2-1-3-5-13)14-9-8-11-6-7-12(14)10-11/h1-9,11-12H,10H2/t11-,12+/m0/s1. The fourth-order valence-corrected chi connectivity index (χ4v) is 3.37. The molecule has 3 rings (SSSR count). The van der Waals surface area contributed by atoms with Gasteiger partial charge in [-0.25, -0.2) is 4.31 Å². The van der Waals surface area contributed by atoms with E-state index in [1.54, 1.807) is 30.5 Å². The van der Waals surface area contributed by atoms with Crippen molar-refractivity contribution in [2.75, 3.05) is 0 Å². The molecule has 1 aliphatic carbocycles. The number of benzene rings is 1. The Morgan fingerprint density at radius 2 is 1.89 bits per heavy atom. The van der Waals surface area contributed by atoms with Crippen LogP contribution in [-0.4, -0.2) is 18.8 Å². The summed E-state index contributed by atoms with van der Waals surface area (Å²) < 4.78 is 30.7. The van der Waals surface area contributed by atoms with Gasteiger partial charge in [-0.2, -0.15) is 8.42 Å². The van der Waals surface area contributed by atoms with E-state index >= 15 is 0 Å². The van der Waals surface area contributed by atoms with Crippen LogP contribution in [0.2, 0.25) is 0 Å². The highest BCUT2D eigenvalue weighted by Crippen LogP contribution is 2.31. The summed E-state index contributed by atoms with van der Waals surface area (Å²) in [5.41, 5.74) is 0. The molecule has 5 heteroatoms. The van der Waals surface area contributed by atoms with Gasteiger partial charge in [0, 0.05) is 6.20 Å². The minimum Gasteiger partial charge on any atom is -0.367 e. The summed E-state index contributed by atoms with van der Waals surface area (Å²) in [5.74, 6) is 0.688. The van der Waals surface area contributed by atoms with Crippen molar-refractivity contribution >= 4 is 10.3 Å². The van der Waals surface area contributed by atoms with Gasteiger partial charge in [0.15, 0.2) is 0 Å². The maximum atomic E-state index is 12.2. The first kappa shape index (κ1) is 11.3. The molecule has 4 nitrogen and oxygen atoms in total. The lowest BCUT2D eigenvalue weighted by atomic mass is 10.1. The van der Waals surface area contributed by atoms with Crippen molar-refractivity contribution in [3.63, 3.8) is 0 Å². The van der Waals surface area contributed by atoms with Crippen LogP contribution in [0.3, 0.4) is 0 Å². The highest BCUT2D eigenvalue weighted by Gasteiger charge is 2.34. The van der Waals surface area contributed by atoms with Gasteiger partial charge >= 0.3 is 10.3 Å². The molecule has 2 aliphatic rings.